The Morgan fingerprint density at radius 1 is 1.00 bits per heavy atom. The van der Waals surface area contributed by atoms with E-state index in [-0.39, 0.29) is 27.2 Å². The van der Waals surface area contributed by atoms with E-state index in [0.29, 0.717) is 17.5 Å². The van der Waals surface area contributed by atoms with Crippen LogP contribution < -0.4 is 0 Å². The maximum absolute atomic E-state index is 14.7. The molecule has 0 atom stereocenters. The molecule has 3 nitrogen and oxygen atoms in total. The topological polar surface area (TPSA) is 43.4 Å². The Labute approximate surface area is 180 Å². The van der Waals surface area contributed by atoms with Crippen molar-refractivity contribution in [2.75, 3.05) is 0 Å². The molecule has 154 valence electrons. The molecule has 1 fully saturated rings. The second-order valence-corrected chi connectivity index (χ2v) is 9.06. The third-order valence-corrected chi connectivity index (χ3v) is 6.19. The number of ether oxygens (including phenoxy) is 1. The molecule has 1 aliphatic rings. The lowest BCUT2D eigenvalue weighted by atomic mass is 9.73. The normalized spacial score (nSPS) is 18.9. The highest BCUT2D eigenvalue weighted by atomic mass is 35.5. The summed E-state index contributed by atoms with van der Waals surface area (Å²) in [5.41, 5.74) is -0.00959. The van der Waals surface area contributed by atoms with E-state index in [2.05, 4.69) is 0 Å². The smallest absolute Gasteiger partial charge is 0.179 e. The number of Topliss-reactive ketones (excluding diaryl/α,β-unsaturated/α-hetero) is 2. The van der Waals surface area contributed by atoms with E-state index in [0.717, 1.165) is 5.56 Å². The van der Waals surface area contributed by atoms with Crippen LogP contribution in [-0.2, 0) is 20.7 Å². The third kappa shape index (κ3) is 3.74. The van der Waals surface area contributed by atoms with E-state index in [4.69, 9.17) is 27.9 Å². The zero-order valence-electron chi connectivity index (χ0n) is 17.0. The van der Waals surface area contributed by atoms with Crippen LogP contribution >= 0.6 is 23.2 Å². The van der Waals surface area contributed by atoms with Crippen LogP contribution in [-0.4, -0.2) is 22.8 Å². The van der Waals surface area contributed by atoms with Gasteiger partial charge < -0.3 is 4.74 Å². The van der Waals surface area contributed by atoms with Gasteiger partial charge in [0.1, 0.15) is 17.1 Å². The summed E-state index contributed by atoms with van der Waals surface area (Å²) in [7, 11) is 0. The average Bonchev–Trinajstić information content (AvgIpc) is 2.64. The predicted molar refractivity (Wildman–Crippen MR) is 113 cm³/mol. The van der Waals surface area contributed by atoms with E-state index in [1.54, 1.807) is 39.8 Å². The molecule has 0 amide bonds. The first kappa shape index (κ1) is 21.9. The molecule has 0 spiro atoms. The summed E-state index contributed by atoms with van der Waals surface area (Å²) in [4.78, 5) is 26.3. The fraction of sp³-hybridized carbons (Fsp3) is 0.391. The van der Waals surface area contributed by atoms with Gasteiger partial charge >= 0.3 is 0 Å². The fourth-order valence-corrected chi connectivity index (χ4v) is 4.25. The van der Waals surface area contributed by atoms with Crippen LogP contribution in [0, 0.1) is 5.82 Å². The van der Waals surface area contributed by atoms with Gasteiger partial charge in [0.25, 0.3) is 0 Å². The Morgan fingerprint density at radius 3 is 2.14 bits per heavy atom. The van der Waals surface area contributed by atoms with Crippen molar-refractivity contribution in [3.05, 3.63) is 57.3 Å². The number of hydrogen-bond donors (Lipinski definition) is 0. The van der Waals surface area contributed by atoms with Crippen LogP contribution in [0.1, 0.15) is 51.7 Å². The number of hydrogen-bond acceptors (Lipinski definition) is 3. The molecule has 0 aromatic heterocycles. The fourth-order valence-electron chi connectivity index (χ4n) is 3.94. The molecule has 0 saturated carbocycles. The molecule has 1 aliphatic heterocycles. The Balaban J connectivity index is 2.22. The third-order valence-electron chi connectivity index (χ3n) is 5.41. The second kappa shape index (κ2) is 7.50. The predicted octanol–water partition coefficient (Wildman–Crippen LogP) is 6.17. The summed E-state index contributed by atoms with van der Waals surface area (Å²) in [5, 5.41) is -0.0395. The minimum absolute atomic E-state index is 0.122. The molecule has 6 heteroatoms. The second-order valence-electron chi connectivity index (χ2n) is 8.27. The summed E-state index contributed by atoms with van der Waals surface area (Å²) in [6.07, 6.45) is 0.623. The van der Waals surface area contributed by atoms with Gasteiger partial charge in [-0.05, 0) is 69.0 Å². The van der Waals surface area contributed by atoms with Gasteiger partial charge in [-0.1, -0.05) is 42.3 Å². The maximum Gasteiger partial charge on any atom is 0.179 e. The van der Waals surface area contributed by atoms with Crippen molar-refractivity contribution < 1.29 is 18.7 Å². The molecule has 0 radical (unpaired) electrons. The van der Waals surface area contributed by atoms with Gasteiger partial charge in [-0.25, -0.2) is 4.39 Å². The van der Waals surface area contributed by atoms with Crippen LogP contribution in [0.15, 0.2) is 30.3 Å². The summed E-state index contributed by atoms with van der Waals surface area (Å²) in [6.45, 7) is 8.63. The lowest BCUT2D eigenvalue weighted by Gasteiger charge is -2.43. The number of aryl methyl sites for hydroxylation is 1. The molecule has 2 aromatic carbocycles. The monoisotopic (exact) mass is 436 g/mol. The van der Waals surface area contributed by atoms with E-state index >= 15 is 0 Å². The van der Waals surface area contributed by atoms with Crippen LogP contribution in [0.3, 0.4) is 0 Å². The highest BCUT2D eigenvalue weighted by Crippen LogP contribution is 2.41. The highest BCUT2D eigenvalue weighted by Gasteiger charge is 2.53. The van der Waals surface area contributed by atoms with Gasteiger partial charge in [0.05, 0.1) is 10.0 Å². The van der Waals surface area contributed by atoms with E-state index in [1.807, 2.05) is 13.0 Å². The summed E-state index contributed by atoms with van der Waals surface area (Å²) in [6, 6.07) is 8.35. The molecule has 2 aromatic rings. The number of ketones is 2. The molecular weight excluding hydrogens is 414 g/mol. The van der Waals surface area contributed by atoms with Crippen LogP contribution in [0.25, 0.3) is 11.1 Å². The van der Waals surface area contributed by atoms with Crippen molar-refractivity contribution in [2.24, 2.45) is 0 Å². The lowest BCUT2D eigenvalue weighted by Crippen LogP contribution is -2.58. The number of carbonyl (C=O) groups excluding carboxylic acids is 2. The van der Waals surface area contributed by atoms with Gasteiger partial charge in [-0.15, -0.1) is 0 Å². The SMILES string of the molecule is CCc1ccc(-c2ccc(Cl)c(Cl)c2F)cc1C1C(=O)C(C)(C)OC(C)(C)C1=O. The molecule has 1 heterocycles. The van der Waals surface area contributed by atoms with Gasteiger partial charge in [0.2, 0.25) is 0 Å². The van der Waals surface area contributed by atoms with Crippen molar-refractivity contribution in [1.29, 1.82) is 0 Å². The first-order valence-electron chi connectivity index (χ1n) is 9.46. The minimum Gasteiger partial charge on any atom is -0.354 e. The van der Waals surface area contributed by atoms with Gasteiger partial charge in [-0.3, -0.25) is 9.59 Å². The zero-order chi connectivity index (χ0) is 21.7. The Hall–Kier alpha value is -1.75. The van der Waals surface area contributed by atoms with Crippen molar-refractivity contribution in [2.45, 2.75) is 58.2 Å². The largest absolute Gasteiger partial charge is 0.354 e. The van der Waals surface area contributed by atoms with Crippen molar-refractivity contribution in [3.63, 3.8) is 0 Å². The average molecular weight is 437 g/mol. The van der Waals surface area contributed by atoms with Crippen LogP contribution in [0.4, 0.5) is 4.39 Å². The van der Waals surface area contributed by atoms with Crippen LogP contribution in [0.5, 0.6) is 0 Å². The highest BCUT2D eigenvalue weighted by molar-refractivity contribution is 6.42. The van der Waals surface area contributed by atoms with E-state index < -0.39 is 22.9 Å². The minimum atomic E-state index is -1.11. The first-order valence-corrected chi connectivity index (χ1v) is 10.2. The molecule has 0 unspecified atom stereocenters. The van der Waals surface area contributed by atoms with E-state index in [9.17, 15) is 14.0 Å². The summed E-state index contributed by atoms with van der Waals surface area (Å²) in [5.74, 6) is -2.22. The molecule has 1 saturated heterocycles. The quantitative estimate of drug-likeness (QED) is 0.426. The van der Waals surface area contributed by atoms with Crippen molar-refractivity contribution in [1.82, 2.24) is 0 Å². The van der Waals surface area contributed by atoms with Crippen molar-refractivity contribution >= 4 is 34.8 Å². The Morgan fingerprint density at radius 2 is 1.59 bits per heavy atom. The zero-order valence-corrected chi connectivity index (χ0v) is 18.5. The summed E-state index contributed by atoms with van der Waals surface area (Å²) < 4.78 is 20.5. The molecular formula is C23H23Cl2FO3. The van der Waals surface area contributed by atoms with Gasteiger partial charge in [-0.2, -0.15) is 0 Å². The molecule has 0 aliphatic carbocycles. The lowest BCUT2D eigenvalue weighted by molar-refractivity contribution is -0.184. The first-order chi connectivity index (χ1) is 13.4. The van der Waals surface area contributed by atoms with E-state index in [1.165, 1.54) is 12.1 Å². The van der Waals surface area contributed by atoms with Gasteiger partial charge in [0, 0.05) is 5.56 Å². The van der Waals surface area contributed by atoms with Gasteiger partial charge in [0.15, 0.2) is 17.4 Å². The Kier molecular flexibility index (Phi) is 5.67. The Bertz CT molecular complexity index is 985. The van der Waals surface area contributed by atoms with Crippen molar-refractivity contribution in [3.8, 4) is 11.1 Å². The standard InChI is InChI=1S/C23H23Cl2FO3/c1-6-12-7-8-13(14-9-10-16(24)18(25)19(14)26)11-15(12)17-20(27)22(2,3)29-23(4,5)21(17)28/h7-11,17H,6H2,1-5H3. The number of rotatable bonds is 3. The maximum atomic E-state index is 14.7. The number of halogens is 3. The molecule has 0 bridgehead atoms. The van der Waals surface area contributed by atoms with Crippen LogP contribution in [0.2, 0.25) is 10.0 Å². The molecule has 29 heavy (non-hydrogen) atoms. The summed E-state index contributed by atoms with van der Waals surface area (Å²) >= 11 is 11.9. The molecule has 3 rings (SSSR count). The molecule has 0 N–H and O–H groups in total. The number of benzene rings is 2. The number of carbonyl (C=O) groups is 2.